The van der Waals surface area contributed by atoms with Gasteiger partial charge in [-0.3, -0.25) is 4.79 Å². The van der Waals surface area contributed by atoms with Gasteiger partial charge in [0, 0.05) is 0 Å². The van der Waals surface area contributed by atoms with Crippen molar-refractivity contribution in [2.75, 3.05) is 0 Å². The van der Waals surface area contributed by atoms with E-state index in [4.69, 9.17) is 15.9 Å². The van der Waals surface area contributed by atoms with E-state index in [1.54, 1.807) is 0 Å². The predicted molar refractivity (Wildman–Crippen MR) is 58.7 cm³/mol. The molecule has 0 saturated carbocycles. The van der Waals surface area contributed by atoms with Crippen LogP contribution in [0.25, 0.3) is 0 Å². The number of aliphatic carboxylic acids is 1. The number of carboxylic acids is 1. The first-order valence-electron chi connectivity index (χ1n) is 5.22. The molecular formula is C10H20N2O4. The van der Waals surface area contributed by atoms with E-state index in [1.807, 2.05) is 13.8 Å². The number of hydrogen-bond donors (Lipinski definition) is 4. The first-order chi connectivity index (χ1) is 7.25. The lowest BCUT2D eigenvalue weighted by atomic mass is 10.0. The Labute approximate surface area is 94.8 Å². The summed E-state index contributed by atoms with van der Waals surface area (Å²) in [6, 6.07) is -2.06. The highest BCUT2D eigenvalue weighted by atomic mass is 16.4. The SMILES string of the molecule is CC(C)CC(N)C(=O)N[C@H](C(=O)O)[C@@H](C)O. The topological polar surface area (TPSA) is 113 Å². The van der Waals surface area contributed by atoms with Crippen LogP contribution in [0.15, 0.2) is 0 Å². The molecule has 3 atom stereocenters. The standard InChI is InChI=1S/C10H20N2O4/c1-5(2)4-7(11)9(14)12-8(6(3)13)10(15)16/h5-8,13H,4,11H2,1-3H3,(H,12,14)(H,15,16)/t6-,7?,8+/m1/s1. The minimum absolute atomic E-state index is 0.246. The van der Waals surface area contributed by atoms with Crippen LogP contribution in [-0.2, 0) is 9.59 Å². The highest BCUT2D eigenvalue weighted by molar-refractivity contribution is 5.87. The maximum absolute atomic E-state index is 11.5. The van der Waals surface area contributed by atoms with Crippen LogP contribution in [0.3, 0.4) is 0 Å². The van der Waals surface area contributed by atoms with Crippen LogP contribution in [0.5, 0.6) is 0 Å². The quantitative estimate of drug-likeness (QED) is 0.484. The first-order valence-corrected chi connectivity index (χ1v) is 5.22. The Morgan fingerprint density at radius 2 is 1.81 bits per heavy atom. The molecule has 0 rings (SSSR count). The Morgan fingerprint density at radius 3 is 2.12 bits per heavy atom. The van der Waals surface area contributed by atoms with E-state index in [9.17, 15) is 9.59 Å². The van der Waals surface area contributed by atoms with E-state index >= 15 is 0 Å². The van der Waals surface area contributed by atoms with Crippen LogP contribution in [0, 0.1) is 5.92 Å². The molecule has 0 radical (unpaired) electrons. The molecule has 0 bridgehead atoms. The maximum Gasteiger partial charge on any atom is 0.328 e. The molecular weight excluding hydrogens is 212 g/mol. The molecule has 6 heteroatoms. The lowest BCUT2D eigenvalue weighted by Gasteiger charge is -2.20. The Bertz CT molecular complexity index is 253. The maximum atomic E-state index is 11.5. The molecule has 0 heterocycles. The molecule has 0 spiro atoms. The number of carbonyl (C=O) groups excluding carboxylic acids is 1. The zero-order valence-electron chi connectivity index (χ0n) is 9.80. The van der Waals surface area contributed by atoms with Crippen molar-refractivity contribution in [2.24, 2.45) is 11.7 Å². The Hall–Kier alpha value is -1.14. The summed E-state index contributed by atoms with van der Waals surface area (Å²) in [6.45, 7) is 5.13. The van der Waals surface area contributed by atoms with Gasteiger partial charge in [0.25, 0.3) is 0 Å². The molecule has 16 heavy (non-hydrogen) atoms. The molecule has 1 amide bonds. The summed E-state index contributed by atoms with van der Waals surface area (Å²) in [5, 5.41) is 20.1. The highest BCUT2D eigenvalue weighted by Crippen LogP contribution is 2.03. The fraction of sp³-hybridized carbons (Fsp3) is 0.800. The summed E-state index contributed by atoms with van der Waals surface area (Å²) in [4.78, 5) is 22.2. The molecule has 0 aromatic rings. The molecule has 94 valence electrons. The van der Waals surface area contributed by atoms with E-state index in [1.165, 1.54) is 6.92 Å². The van der Waals surface area contributed by atoms with Crippen molar-refractivity contribution < 1.29 is 19.8 Å². The number of nitrogens with one attached hydrogen (secondary N) is 1. The second-order valence-corrected chi connectivity index (χ2v) is 4.30. The Morgan fingerprint density at radius 1 is 1.31 bits per heavy atom. The normalized spacial score (nSPS) is 16.6. The van der Waals surface area contributed by atoms with Crippen LogP contribution in [0.2, 0.25) is 0 Å². The number of aliphatic hydroxyl groups excluding tert-OH is 1. The average Bonchev–Trinajstić information content (AvgIpc) is 2.11. The predicted octanol–water partition coefficient (Wildman–Crippen LogP) is -0.690. The number of nitrogens with two attached hydrogens (primary N) is 1. The first kappa shape index (κ1) is 14.9. The van der Waals surface area contributed by atoms with Gasteiger partial charge in [-0.05, 0) is 19.3 Å². The third kappa shape index (κ3) is 5.09. The van der Waals surface area contributed by atoms with Crippen LogP contribution in [0.1, 0.15) is 27.2 Å². The summed E-state index contributed by atoms with van der Waals surface area (Å²) in [5.41, 5.74) is 5.58. The number of rotatable bonds is 6. The van der Waals surface area contributed by atoms with Crippen molar-refractivity contribution in [1.82, 2.24) is 5.32 Å². The van der Waals surface area contributed by atoms with Crippen molar-refractivity contribution in [3.8, 4) is 0 Å². The van der Waals surface area contributed by atoms with Gasteiger partial charge >= 0.3 is 5.97 Å². The van der Waals surface area contributed by atoms with Crippen molar-refractivity contribution in [1.29, 1.82) is 0 Å². The molecule has 0 aromatic carbocycles. The van der Waals surface area contributed by atoms with Gasteiger partial charge in [0.1, 0.15) is 0 Å². The van der Waals surface area contributed by atoms with Gasteiger partial charge in [0.15, 0.2) is 6.04 Å². The minimum Gasteiger partial charge on any atom is -0.480 e. The van der Waals surface area contributed by atoms with Crippen molar-refractivity contribution in [3.63, 3.8) is 0 Å². The van der Waals surface area contributed by atoms with Gasteiger partial charge in [-0.15, -0.1) is 0 Å². The van der Waals surface area contributed by atoms with Crippen molar-refractivity contribution in [3.05, 3.63) is 0 Å². The van der Waals surface area contributed by atoms with Gasteiger partial charge in [0.2, 0.25) is 5.91 Å². The van der Waals surface area contributed by atoms with E-state index in [0.29, 0.717) is 6.42 Å². The second kappa shape index (κ2) is 6.44. The van der Waals surface area contributed by atoms with E-state index in [2.05, 4.69) is 5.32 Å². The molecule has 0 aromatic heterocycles. The largest absolute Gasteiger partial charge is 0.480 e. The lowest BCUT2D eigenvalue weighted by molar-refractivity contribution is -0.145. The van der Waals surface area contributed by atoms with Gasteiger partial charge in [-0.2, -0.15) is 0 Å². The van der Waals surface area contributed by atoms with E-state index in [-0.39, 0.29) is 5.92 Å². The number of carbonyl (C=O) groups is 2. The fourth-order valence-electron chi connectivity index (χ4n) is 1.26. The number of carboxylic acid groups (broad SMARTS) is 1. The molecule has 1 unspecified atom stereocenters. The Kier molecular flexibility index (Phi) is 5.98. The number of amides is 1. The molecule has 6 nitrogen and oxygen atoms in total. The minimum atomic E-state index is -1.31. The second-order valence-electron chi connectivity index (χ2n) is 4.30. The van der Waals surface area contributed by atoms with Crippen LogP contribution in [0.4, 0.5) is 0 Å². The average molecular weight is 232 g/mol. The molecule has 5 N–H and O–H groups in total. The monoisotopic (exact) mass is 232 g/mol. The molecule has 0 saturated heterocycles. The summed E-state index contributed by atoms with van der Waals surface area (Å²) >= 11 is 0. The van der Waals surface area contributed by atoms with Crippen LogP contribution in [-0.4, -0.2) is 40.3 Å². The molecule has 0 aliphatic carbocycles. The number of aliphatic hydroxyl groups is 1. The van der Waals surface area contributed by atoms with Gasteiger partial charge in [-0.25, -0.2) is 4.79 Å². The third-order valence-corrected chi connectivity index (χ3v) is 2.11. The van der Waals surface area contributed by atoms with Crippen molar-refractivity contribution >= 4 is 11.9 Å². The van der Waals surface area contributed by atoms with Gasteiger partial charge < -0.3 is 21.3 Å². The third-order valence-electron chi connectivity index (χ3n) is 2.11. The summed E-state index contributed by atoms with van der Waals surface area (Å²) in [6.07, 6.45) is -0.689. The van der Waals surface area contributed by atoms with E-state index in [0.717, 1.165) is 0 Å². The summed E-state index contributed by atoms with van der Waals surface area (Å²) in [7, 11) is 0. The smallest absolute Gasteiger partial charge is 0.328 e. The Balaban J connectivity index is 4.35. The van der Waals surface area contributed by atoms with Crippen LogP contribution < -0.4 is 11.1 Å². The van der Waals surface area contributed by atoms with Crippen molar-refractivity contribution in [2.45, 2.75) is 45.4 Å². The fourth-order valence-corrected chi connectivity index (χ4v) is 1.26. The summed E-state index contributed by atoms with van der Waals surface area (Å²) in [5.74, 6) is -1.59. The number of hydrogen-bond acceptors (Lipinski definition) is 4. The van der Waals surface area contributed by atoms with Gasteiger partial charge in [-0.1, -0.05) is 13.8 Å². The highest BCUT2D eigenvalue weighted by Gasteiger charge is 2.27. The van der Waals surface area contributed by atoms with E-state index < -0.39 is 30.1 Å². The molecule has 0 aliphatic rings. The molecule has 0 fully saturated rings. The molecule has 0 aliphatic heterocycles. The lowest BCUT2D eigenvalue weighted by Crippen LogP contribution is -2.52. The summed E-state index contributed by atoms with van der Waals surface area (Å²) < 4.78 is 0. The van der Waals surface area contributed by atoms with Gasteiger partial charge in [0.05, 0.1) is 12.1 Å². The zero-order chi connectivity index (χ0) is 12.9. The zero-order valence-corrected chi connectivity index (χ0v) is 9.80. The van der Waals surface area contributed by atoms with Crippen LogP contribution >= 0.6 is 0 Å².